The number of hydrogen-bond acceptors (Lipinski definition) is 4. The highest BCUT2D eigenvalue weighted by Crippen LogP contribution is 2.34. The summed E-state index contributed by atoms with van der Waals surface area (Å²) in [4.78, 5) is 24.5. The van der Waals surface area contributed by atoms with Gasteiger partial charge >= 0.3 is 0 Å². The van der Waals surface area contributed by atoms with Gasteiger partial charge in [-0.15, -0.1) is 0 Å². The number of aryl methyl sites for hydroxylation is 1. The first-order valence-corrected chi connectivity index (χ1v) is 8.43. The third-order valence-corrected chi connectivity index (χ3v) is 4.66. The Morgan fingerprint density at radius 1 is 1.04 bits per heavy atom. The van der Waals surface area contributed by atoms with Gasteiger partial charge in [0.05, 0.1) is 11.3 Å². The Hall–Kier alpha value is -3.08. The number of benzene rings is 2. The molecule has 1 heterocycles. The Labute approximate surface area is 151 Å². The van der Waals surface area contributed by atoms with Crippen molar-refractivity contribution in [1.82, 2.24) is 4.90 Å². The van der Waals surface area contributed by atoms with Gasteiger partial charge in [-0.25, -0.2) is 14.4 Å². The quantitative estimate of drug-likeness (QED) is 0.790. The van der Waals surface area contributed by atoms with E-state index in [1.165, 1.54) is 12.1 Å². The number of fused-ring (bicyclic) bond motifs is 2. The monoisotopic (exact) mass is 347 g/mol. The Bertz CT molecular complexity index is 1030. The molecule has 4 rings (SSSR count). The molecule has 2 aliphatic rings. The number of ketones is 1. The molecule has 0 spiro atoms. The van der Waals surface area contributed by atoms with Gasteiger partial charge in [-0.05, 0) is 35.7 Å². The third kappa shape index (κ3) is 2.56. The standard InChI is InChI=1S/C21H18FN3O/c1-12-10-14(22)8-9-15(12)18-19-17(23-21(24-19)25(2)3)11-13-6-4-5-7-16(13)20(18)26/h4-10H,11H2,1-3H3. The van der Waals surface area contributed by atoms with Gasteiger partial charge in [-0.3, -0.25) is 4.79 Å². The van der Waals surface area contributed by atoms with E-state index >= 15 is 0 Å². The maximum Gasteiger partial charge on any atom is 0.225 e. The second-order valence-electron chi connectivity index (χ2n) is 6.71. The van der Waals surface area contributed by atoms with Crippen LogP contribution in [-0.4, -0.2) is 36.4 Å². The fourth-order valence-electron chi connectivity index (χ4n) is 3.36. The van der Waals surface area contributed by atoms with Gasteiger partial charge in [0.1, 0.15) is 11.5 Å². The van der Waals surface area contributed by atoms with Crippen LogP contribution in [0.15, 0.2) is 58.1 Å². The number of rotatable bonds is 1. The summed E-state index contributed by atoms with van der Waals surface area (Å²) >= 11 is 0. The van der Waals surface area contributed by atoms with Crippen LogP contribution >= 0.6 is 0 Å². The summed E-state index contributed by atoms with van der Waals surface area (Å²) < 4.78 is 13.6. The number of aliphatic imine (C=N–C) groups is 2. The molecule has 0 saturated carbocycles. The van der Waals surface area contributed by atoms with Crippen LogP contribution in [0.2, 0.25) is 0 Å². The molecule has 2 aromatic rings. The van der Waals surface area contributed by atoms with Gasteiger partial charge in [0.2, 0.25) is 5.96 Å². The van der Waals surface area contributed by atoms with Crippen LogP contribution < -0.4 is 0 Å². The molecule has 5 heteroatoms. The number of allylic oxidation sites excluding steroid dienone is 2. The summed E-state index contributed by atoms with van der Waals surface area (Å²) in [5, 5.41) is 0. The first kappa shape index (κ1) is 16.4. The Morgan fingerprint density at radius 3 is 2.54 bits per heavy atom. The highest BCUT2D eigenvalue weighted by Gasteiger charge is 2.32. The molecule has 0 amide bonds. The molecule has 26 heavy (non-hydrogen) atoms. The Morgan fingerprint density at radius 2 is 1.81 bits per heavy atom. The van der Waals surface area contributed by atoms with E-state index in [0.29, 0.717) is 40.3 Å². The van der Waals surface area contributed by atoms with Crippen LogP contribution in [-0.2, 0) is 6.42 Å². The molecule has 0 N–H and O–H groups in total. The molecule has 0 unspecified atom stereocenters. The number of halogens is 1. The van der Waals surface area contributed by atoms with Gasteiger partial charge < -0.3 is 4.90 Å². The minimum Gasteiger partial charge on any atom is -0.347 e. The van der Waals surface area contributed by atoms with Crippen molar-refractivity contribution >= 4 is 23.0 Å². The van der Waals surface area contributed by atoms with Crippen molar-refractivity contribution in [2.24, 2.45) is 9.98 Å². The highest BCUT2D eigenvalue weighted by molar-refractivity contribution is 6.37. The minimum atomic E-state index is -0.323. The van der Waals surface area contributed by atoms with Gasteiger partial charge in [0.15, 0.2) is 5.78 Å². The van der Waals surface area contributed by atoms with Crippen LogP contribution in [0.1, 0.15) is 27.0 Å². The predicted molar refractivity (Wildman–Crippen MR) is 101 cm³/mol. The molecule has 130 valence electrons. The van der Waals surface area contributed by atoms with Gasteiger partial charge in [-0.2, -0.15) is 0 Å². The van der Waals surface area contributed by atoms with E-state index < -0.39 is 0 Å². The third-order valence-electron chi connectivity index (χ3n) is 4.66. The van der Waals surface area contributed by atoms with Crippen molar-refractivity contribution in [2.45, 2.75) is 13.3 Å². The predicted octanol–water partition coefficient (Wildman–Crippen LogP) is 3.66. The van der Waals surface area contributed by atoms with E-state index in [9.17, 15) is 9.18 Å². The molecule has 0 bridgehead atoms. The number of nitrogens with zero attached hydrogens (tertiary/aromatic N) is 3. The normalized spacial score (nSPS) is 15.9. The molecule has 4 nitrogen and oxygen atoms in total. The average molecular weight is 347 g/mol. The fraction of sp³-hybridized carbons (Fsp3) is 0.190. The number of carbonyl (C=O) groups excluding carboxylic acids is 1. The summed E-state index contributed by atoms with van der Waals surface area (Å²) in [6.07, 6.45) is 0.543. The fourth-order valence-corrected chi connectivity index (χ4v) is 3.36. The number of carbonyl (C=O) groups is 1. The van der Waals surface area contributed by atoms with E-state index in [-0.39, 0.29) is 11.6 Å². The average Bonchev–Trinajstić information content (AvgIpc) is 2.97. The van der Waals surface area contributed by atoms with E-state index in [1.54, 1.807) is 13.0 Å². The van der Waals surface area contributed by atoms with Crippen LogP contribution in [0.3, 0.4) is 0 Å². The van der Waals surface area contributed by atoms with Crippen LogP contribution in [0.4, 0.5) is 4.39 Å². The summed E-state index contributed by atoms with van der Waals surface area (Å²) in [5.41, 5.74) is 4.82. The van der Waals surface area contributed by atoms with Crippen LogP contribution in [0, 0.1) is 12.7 Å². The van der Waals surface area contributed by atoms with Gasteiger partial charge in [0.25, 0.3) is 0 Å². The molecule has 1 aliphatic carbocycles. The molecule has 0 fully saturated rings. The Kier molecular flexibility index (Phi) is 3.80. The molecular weight excluding hydrogens is 329 g/mol. The first-order chi connectivity index (χ1) is 12.5. The number of guanidine groups is 1. The molecule has 0 atom stereocenters. The lowest BCUT2D eigenvalue weighted by Gasteiger charge is -2.12. The van der Waals surface area contributed by atoms with Crippen molar-refractivity contribution in [3.8, 4) is 0 Å². The molecule has 0 radical (unpaired) electrons. The number of hydrogen-bond donors (Lipinski definition) is 0. The molecular formula is C21H18FN3O. The smallest absolute Gasteiger partial charge is 0.225 e. The summed E-state index contributed by atoms with van der Waals surface area (Å²) in [5.74, 6) is 0.148. The first-order valence-electron chi connectivity index (χ1n) is 8.43. The Balaban J connectivity index is 2.02. The lowest BCUT2D eigenvalue weighted by Crippen LogP contribution is -2.18. The summed E-state index contributed by atoms with van der Waals surface area (Å²) in [7, 11) is 3.74. The van der Waals surface area contributed by atoms with E-state index in [2.05, 4.69) is 9.98 Å². The van der Waals surface area contributed by atoms with Crippen molar-refractivity contribution in [1.29, 1.82) is 0 Å². The van der Waals surface area contributed by atoms with Crippen molar-refractivity contribution in [2.75, 3.05) is 14.1 Å². The van der Waals surface area contributed by atoms with Crippen LogP contribution in [0.25, 0.3) is 5.57 Å². The second-order valence-corrected chi connectivity index (χ2v) is 6.71. The van der Waals surface area contributed by atoms with E-state index in [1.807, 2.05) is 43.3 Å². The second kappa shape index (κ2) is 6.02. The largest absolute Gasteiger partial charge is 0.347 e. The minimum absolute atomic E-state index is 0.0979. The topological polar surface area (TPSA) is 45.0 Å². The van der Waals surface area contributed by atoms with Gasteiger partial charge in [-0.1, -0.05) is 30.3 Å². The molecule has 0 saturated heterocycles. The van der Waals surface area contributed by atoms with Crippen molar-refractivity contribution in [3.05, 3.63) is 76.2 Å². The lowest BCUT2D eigenvalue weighted by atomic mass is 9.92. The zero-order valence-corrected chi connectivity index (χ0v) is 14.9. The van der Waals surface area contributed by atoms with E-state index in [0.717, 1.165) is 11.3 Å². The molecule has 2 aromatic carbocycles. The highest BCUT2D eigenvalue weighted by atomic mass is 19.1. The maximum absolute atomic E-state index is 13.6. The summed E-state index contributed by atoms with van der Waals surface area (Å²) in [6, 6.07) is 12.0. The molecule has 0 aromatic heterocycles. The SMILES string of the molecule is Cc1cc(F)ccc1C1=C2N=C(N(C)C)N=C2Cc2ccccc2C1=O. The zero-order chi connectivity index (χ0) is 18.4. The zero-order valence-electron chi connectivity index (χ0n) is 14.9. The van der Waals surface area contributed by atoms with E-state index in [4.69, 9.17) is 0 Å². The summed E-state index contributed by atoms with van der Waals surface area (Å²) in [6.45, 7) is 1.80. The van der Waals surface area contributed by atoms with Gasteiger partial charge in [0, 0.05) is 26.1 Å². The van der Waals surface area contributed by atoms with Crippen LogP contribution in [0.5, 0.6) is 0 Å². The molecule has 1 aliphatic heterocycles. The van der Waals surface area contributed by atoms with Crippen molar-refractivity contribution in [3.63, 3.8) is 0 Å². The lowest BCUT2D eigenvalue weighted by molar-refractivity contribution is 0.105. The maximum atomic E-state index is 13.6. The number of Topliss-reactive ketones (excluding diaryl/α,β-unsaturated/α-hetero) is 1. The van der Waals surface area contributed by atoms with Crippen molar-refractivity contribution < 1.29 is 9.18 Å².